The Labute approximate surface area is 155 Å². The van der Waals surface area contributed by atoms with Gasteiger partial charge in [-0.3, -0.25) is 10.1 Å². The standard InChI is InChI=1S/C19H19N3O3S/c1-10-16(11(2)25-22-10)18(23)21-19-20-14-8-4-6-12-13(17(14)26-19)7-5-9-15(12)24-3/h5,7,9H,4,6,8H2,1-3H3,(H,20,21,23). The van der Waals surface area contributed by atoms with Crippen LogP contribution in [0.2, 0.25) is 0 Å². The first-order valence-electron chi connectivity index (χ1n) is 8.48. The zero-order chi connectivity index (χ0) is 18.3. The van der Waals surface area contributed by atoms with Gasteiger partial charge >= 0.3 is 0 Å². The number of anilines is 1. The monoisotopic (exact) mass is 369 g/mol. The third kappa shape index (κ3) is 2.78. The van der Waals surface area contributed by atoms with Crippen LogP contribution < -0.4 is 10.1 Å². The molecule has 0 atom stereocenters. The highest BCUT2D eigenvalue weighted by Gasteiger charge is 2.24. The van der Waals surface area contributed by atoms with Crippen molar-refractivity contribution in [2.75, 3.05) is 12.4 Å². The van der Waals surface area contributed by atoms with Crippen LogP contribution in [0.1, 0.15) is 39.5 Å². The first-order valence-corrected chi connectivity index (χ1v) is 9.30. The third-order valence-corrected chi connectivity index (χ3v) is 5.66. The number of amides is 1. The van der Waals surface area contributed by atoms with E-state index in [4.69, 9.17) is 9.26 Å². The van der Waals surface area contributed by atoms with Gasteiger partial charge in [-0.15, -0.1) is 0 Å². The molecule has 26 heavy (non-hydrogen) atoms. The molecule has 0 radical (unpaired) electrons. The Morgan fingerprint density at radius 1 is 1.31 bits per heavy atom. The summed E-state index contributed by atoms with van der Waals surface area (Å²) >= 11 is 1.50. The van der Waals surface area contributed by atoms with Gasteiger partial charge in [0, 0.05) is 11.1 Å². The lowest BCUT2D eigenvalue weighted by molar-refractivity contribution is 0.102. The van der Waals surface area contributed by atoms with E-state index < -0.39 is 0 Å². The first kappa shape index (κ1) is 16.8. The van der Waals surface area contributed by atoms with Gasteiger partial charge in [-0.05, 0) is 39.2 Å². The van der Waals surface area contributed by atoms with Crippen LogP contribution in [0.5, 0.6) is 5.75 Å². The van der Waals surface area contributed by atoms with Gasteiger partial charge in [0.15, 0.2) is 5.13 Å². The molecular formula is C19H19N3O3S. The van der Waals surface area contributed by atoms with Crippen molar-refractivity contribution >= 4 is 22.4 Å². The Kier molecular flexibility index (Phi) is 4.24. The maximum atomic E-state index is 12.6. The number of fused-ring (bicyclic) bond motifs is 3. The van der Waals surface area contributed by atoms with Crippen molar-refractivity contribution < 1.29 is 14.1 Å². The smallest absolute Gasteiger partial charge is 0.262 e. The molecule has 6 nitrogen and oxygen atoms in total. The van der Waals surface area contributed by atoms with Crippen molar-refractivity contribution in [3.05, 3.63) is 46.5 Å². The van der Waals surface area contributed by atoms with Crippen LogP contribution in [0.4, 0.5) is 5.13 Å². The summed E-state index contributed by atoms with van der Waals surface area (Å²) in [7, 11) is 1.70. The molecule has 2 aromatic heterocycles. The minimum absolute atomic E-state index is 0.240. The minimum atomic E-state index is -0.240. The Bertz CT molecular complexity index is 971. The number of nitrogens with zero attached hydrogens (tertiary/aromatic N) is 2. The van der Waals surface area contributed by atoms with Crippen LogP contribution in [0, 0.1) is 13.8 Å². The fourth-order valence-corrected chi connectivity index (χ4v) is 4.47. The van der Waals surface area contributed by atoms with Crippen LogP contribution in [0.15, 0.2) is 22.7 Å². The van der Waals surface area contributed by atoms with Crippen molar-refractivity contribution in [3.8, 4) is 16.2 Å². The number of aromatic nitrogens is 2. The van der Waals surface area contributed by atoms with Crippen LogP contribution in [0.25, 0.3) is 10.4 Å². The number of carbonyl (C=O) groups is 1. The molecule has 4 rings (SSSR count). The number of carbonyl (C=O) groups excluding carboxylic acids is 1. The van der Waals surface area contributed by atoms with Crippen molar-refractivity contribution in [3.63, 3.8) is 0 Å². The quantitative estimate of drug-likeness (QED) is 0.750. The lowest BCUT2D eigenvalue weighted by atomic mass is 10.0. The van der Waals surface area contributed by atoms with E-state index in [-0.39, 0.29) is 5.91 Å². The Balaban J connectivity index is 1.70. The molecule has 0 aliphatic heterocycles. The highest BCUT2D eigenvalue weighted by Crippen LogP contribution is 2.41. The maximum absolute atomic E-state index is 12.6. The van der Waals surface area contributed by atoms with Crippen LogP contribution in [-0.4, -0.2) is 23.2 Å². The molecule has 2 heterocycles. The van der Waals surface area contributed by atoms with Gasteiger partial charge in [0.05, 0.1) is 23.4 Å². The second-order valence-corrected chi connectivity index (χ2v) is 7.29. The topological polar surface area (TPSA) is 77.2 Å². The molecule has 134 valence electrons. The van der Waals surface area contributed by atoms with E-state index in [1.807, 2.05) is 12.1 Å². The molecule has 7 heteroatoms. The summed E-state index contributed by atoms with van der Waals surface area (Å²) in [4.78, 5) is 18.4. The van der Waals surface area contributed by atoms with Crippen LogP contribution in [0.3, 0.4) is 0 Å². The maximum Gasteiger partial charge on any atom is 0.262 e. The number of benzene rings is 1. The van der Waals surface area contributed by atoms with Crippen LogP contribution >= 0.6 is 11.3 Å². The van der Waals surface area contributed by atoms with Gasteiger partial charge in [0.25, 0.3) is 5.91 Å². The Hall–Kier alpha value is -2.67. The van der Waals surface area contributed by atoms with E-state index in [9.17, 15) is 4.79 Å². The molecule has 0 bridgehead atoms. The van der Waals surface area contributed by atoms with Gasteiger partial charge in [0.1, 0.15) is 17.1 Å². The first-order chi connectivity index (χ1) is 12.6. The number of thiazole rings is 1. The molecule has 0 saturated carbocycles. The largest absolute Gasteiger partial charge is 0.496 e. The van der Waals surface area contributed by atoms with Gasteiger partial charge in [0.2, 0.25) is 0 Å². The summed E-state index contributed by atoms with van der Waals surface area (Å²) < 4.78 is 10.6. The number of hydrogen-bond donors (Lipinski definition) is 1. The van der Waals surface area contributed by atoms with Gasteiger partial charge in [-0.1, -0.05) is 28.6 Å². The molecule has 1 aliphatic rings. The Morgan fingerprint density at radius 3 is 2.88 bits per heavy atom. The number of nitrogens with one attached hydrogen (secondary N) is 1. The summed E-state index contributed by atoms with van der Waals surface area (Å²) in [6, 6.07) is 6.08. The number of rotatable bonds is 3. The highest BCUT2D eigenvalue weighted by atomic mass is 32.1. The molecule has 0 fully saturated rings. The van der Waals surface area contributed by atoms with Crippen molar-refractivity contribution in [1.29, 1.82) is 0 Å². The van der Waals surface area contributed by atoms with E-state index in [0.29, 0.717) is 22.1 Å². The van der Waals surface area contributed by atoms with E-state index >= 15 is 0 Å². The lowest BCUT2D eigenvalue weighted by Crippen LogP contribution is -2.13. The fraction of sp³-hybridized carbons (Fsp3) is 0.316. The van der Waals surface area contributed by atoms with Gasteiger partial charge in [-0.25, -0.2) is 4.98 Å². The molecule has 3 aromatic rings. The number of aryl methyl sites for hydroxylation is 3. The summed E-state index contributed by atoms with van der Waals surface area (Å²) in [6.07, 6.45) is 2.84. The molecule has 1 aliphatic carbocycles. The van der Waals surface area contributed by atoms with E-state index in [2.05, 4.69) is 21.5 Å². The predicted octanol–water partition coefficient (Wildman–Crippen LogP) is 4.16. The van der Waals surface area contributed by atoms with E-state index in [1.165, 1.54) is 16.9 Å². The highest BCUT2D eigenvalue weighted by molar-refractivity contribution is 7.19. The zero-order valence-corrected chi connectivity index (χ0v) is 15.7. The summed E-state index contributed by atoms with van der Waals surface area (Å²) in [5.74, 6) is 1.18. The molecule has 0 saturated heterocycles. The third-order valence-electron chi connectivity index (χ3n) is 4.62. The summed E-state index contributed by atoms with van der Waals surface area (Å²) in [6.45, 7) is 3.49. The predicted molar refractivity (Wildman–Crippen MR) is 100 cm³/mol. The molecule has 0 spiro atoms. The van der Waals surface area contributed by atoms with E-state index in [0.717, 1.165) is 41.1 Å². The van der Waals surface area contributed by atoms with Crippen molar-refractivity contribution in [2.24, 2.45) is 0 Å². The second-order valence-electron chi connectivity index (χ2n) is 6.29. The van der Waals surface area contributed by atoms with Gasteiger partial charge < -0.3 is 9.26 Å². The molecule has 1 amide bonds. The van der Waals surface area contributed by atoms with Gasteiger partial charge in [-0.2, -0.15) is 0 Å². The minimum Gasteiger partial charge on any atom is -0.496 e. The molecule has 1 aromatic carbocycles. The summed E-state index contributed by atoms with van der Waals surface area (Å²) in [5.41, 5.74) is 4.43. The molecular weight excluding hydrogens is 350 g/mol. The van der Waals surface area contributed by atoms with Crippen LogP contribution in [-0.2, 0) is 12.8 Å². The number of hydrogen-bond acceptors (Lipinski definition) is 6. The van der Waals surface area contributed by atoms with E-state index in [1.54, 1.807) is 21.0 Å². The Morgan fingerprint density at radius 2 is 2.15 bits per heavy atom. The number of ether oxygens (including phenoxy) is 1. The average molecular weight is 369 g/mol. The van der Waals surface area contributed by atoms with Crippen molar-refractivity contribution in [1.82, 2.24) is 10.1 Å². The molecule has 0 unspecified atom stereocenters. The van der Waals surface area contributed by atoms with Crippen molar-refractivity contribution in [2.45, 2.75) is 33.1 Å². The fourth-order valence-electron chi connectivity index (χ4n) is 3.41. The average Bonchev–Trinajstić information content (AvgIpc) is 3.12. The SMILES string of the molecule is COc1cccc2c1CCCc1nc(NC(=O)c3c(C)noc3C)sc1-2. The normalized spacial score (nSPS) is 12.9. The summed E-state index contributed by atoms with van der Waals surface area (Å²) in [5, 5.41) is 7.33. The number of methoxy groups -OCH3 is 1. The zero-order valence-electron chi connectivity index (χ0n) is 14.9. The lowest BCUT2D eigenvalue weighted by Gasteiger charge is -2.10. The second kappa shape index (κ2) is 6.57. The molecule has 1 N–H and O–H groups in total.